The Morgan fingerprint density at radius 3 is 2.66 bits per heavy atom. The average molecular weight is 451 g/mol. The molecule has 8 nitrogen and oxygen atoms in total. The van der Waals surface area contributed by atoms with E-state index >= 15 is 0 Å². The fourth-order valence-electron chi connectivity index (χ4n) is 4.00. The number of hydrogen-bond donors (Lipinski definition) is 0. The second-order valence-corrected chi connectivity index (χ2v) is 8.44. The van der Waals surface area contributed by atoms with Gasteiger partial charge in [-0.15, -0.1) is 0 Å². The van der Waals surface area contributed by atoms with Crippen LogP contribution >= 0.6 is 11.6 Å². The Hall–Kier alpha value is -3.23. The molecule has 9 heteroatoms. The minimum Gasteiger partial charge on any atom is -0.370 e. The first-order chi connectivity index (χ1) is 15.4. The van der Waals surface area contributed by atoms with E-state index in [1.54, 1.807) is 16.3 Å². The fraction of sp³-hybridized carbons (Fsp3) is 0.304. The van der Waals surface area contributed by atoms with Crippen LogP contribution in [0.4, 0.5) is 5.82 Å². The number of aryl methyl sites for hydroxylation is 2. The molecule has 4 heterocycles. The molecule has 0 spiro atoms. The first-order valence-corrected chi connectivity index (χ1v) is 10.8. The van der Waals surface area contributed by atoms with Crippen LogP contribution in [0.15, 0.2) is 47.5 Å². The van der Waals surface area contributed by atoms with E-state index in [2.05, 4.69) is 10.00 Å². The van der Waals surface area contributed by atoms with Crippen molar-refractivity contribution in [3.63, 3.8) is 0 Å². The van der Waals surface area contributed by atoms with Gasteiger partial charge in [-0.1, -0.05) is 23.7 Å². The van der Waals surface area contributed by atoms with E-state index < -0.39 is 0 Å². The zero-order valence-electron chi connectivity index (χ0n) is 18.1. The Balaban J connectivity index is 1.64. The lowest BCUT2D eigenvalue weighted by Crippen LogP contribution is -2.39. The Labute approximate surface area is 190 Å². The number of ether oxygens (including phenoxy) is 1. The summed E-state index contributed by atoms with van der Waals surface area (Å²) in [7, 11) is 3.62. The molecule has 1 aliphatic rings. The van der Waals surface area contributed by atoms with Crippen LogP contribution in [0.2, 0.25) is 5.02 Å². The molecule has 1 atom stereocenters. The van der Waals surface area contributed by atoms with Gasteiger partial charge < -0.3 is 9.64 Å². The third-order valence-corrected chi connectivity index (χ3v) is 6.13. The second kappa shape index (κ2) is 8.03. The minimum atomic E-state index is -0.118. The molecule has 0 bridgehead atoms. The topological polar surface area (TPSA) is 78.1 Å². The highest BCUT2D eigenvalue weighted by atomic mass is 35.5. The lowest BCUT2D eigenvalue weighted by molar-refractivity contribution is 0.0395. The fourth-order valence-corrected chi connectivity index (χ4v) is 4.13. The van der Waals surface area contributed by atoms with Crippen molar-refractivity contribution in [2.24, 2.45) is 14.1 Å². The van der Waals surface area contributed by atoms with Crippen LogP contribution < -0.4 is 10.5 Å². The molecular weight excluding hydrogens is 428 g/mol. The van der Waals surface area contributed by atoms with E-state index in [1.807, 2.05) is 56.7 Å². The highest BCUT2D eigenvalue weighted by Crippen LogP contribution is 2.31. The van der Waals surface area contributed by atoms with Gasteiger partial charge in [-0.05, 0) is 25.1 Å². The number of benzene rings is 1. The van der Waals surface area contributed by atoms with Gasteiger partial charge in [0.2, 0.25) is 0 Å². The first kappa shape index (κ1) is 20.7. The molecule has 1 saturated heterocycles. The van der Waals surface area contributed by atoms with Gasteiger partial charge in [0, 0.05) is 49.5 Å². The van der Waals surface area contributed by atoms with Crippen molar-refractivity contribution in [3.05, 3.63) is 69.5 Å². The Bertz CT molecular complexity index is 1360. The standard InChI is InChI=1S/C23H23ClN6O2/c1-14-26-22-18(23(31)29(14)3)10-20(27-21(22)15-4-6-17(24)7-5-15)30-8-9-32-19(13-30)16-11-25-28(2)12-16/h4-7,10-12,19H,8-9,13H2,1-3H3/t19-/m0/s1. The zero-order chi connectivity index (χ0) is 22.4. The molecule has 1 aromatic carbocycles. The van der Waals surface area contributed by atoms with Crippen LogP contribution in [0, 0.1) is 6.92 Å². The van der Waals surface area contributed by atoms with Crippen LogP contribution in [0.5, 0.6) is 0 Å². The summed E-state index contributed by atoms with van der Waals surface area (Å²) >= 11 is 6.10. The van der Waals surface area contributed by atoms with Crippen LogP contribution in [-0.4, -0.2) is 44.0 Å². The number of anilines is 1. The van der Waals surface area contributed by atoms with Crippen LogP contribution in [0.25, 0.3) is 22.2 Å². The van der Waals surface area contributed by atoms with E-state index in [4.69, 9.17) is 26.3 Å². The van der Waals surface area contributed by atoms with Gasteiger partial charge in [-0.3, -0.25) is 14.0 Å². The molecule has 4 aromatic rings. The number of nitrogens with zero attached hydrogens (tertiary/aromatic N) is 6. The van der Waals surface area contributed by atoms with Crippen LogP contribution in [0.1, 0.15) is 17.5 Å². The van der Waals surface area contributed by atoms with Gasteiger partial charge in [0.1, 0.15) is 23.3 Å². The SMILES string of the molecule is Cc1nc2c(-c3ccc(Cl)cc3)nc(N3CCO[C@H](c4cnn(C)c4)C3)cc2c(=O)n1C. The van der Waals surface area contributed by atoms with Crippen molar-refractivity contribution in [3.8, 4) is 11.3 Å². The maximum atomic E-state index is 13.1. The number of aromatic nitrogens is 5. The Morgan fingerprint density at radius 2 is 1.94 bits per heavy atom. The lowest BCUT2D eigenvalue weighted by atomic mass is 10.1. The van der Waals surface area contributed by atoms with Gasteiger partial charge in [-0.25, -0.2) is 9.97 Å². The van der Waals surface area contributed by atoms with E-state index in [-0.39, 0.29) is 11.7 Å². The van der Waals surface area contributed by atoms with E-state index in [0.717, 1.165) is 16.9 Å². The second-order valence-electron chi connectivity index (χ2n) is 8.01. The number of morpholine rings is 1. The van der Waals surface area contributed by atoms with Gasteiger partial charge in [-0.2, -0.15) is 5.10 Å². The normalized spacial score (nSPS) is 16.6. The number of hydrogen-bond acceptors (Lipinski definition) is 6. The van der Waals surface area contributed by atoms with Gasteiger partial charge in [0.15, 0.2) is 0 Å². The summed E-state index contributed by atoms with van der Waals surface area (Å²) in [6.45, 7) is 3.67. The molecule has 5 rings (SSSR count). The number of halogens is 1. The molecule has 164 valence electrons. The predicted octanol–water partition coefficient (Wildman–Crippen LogP) is 3.27. The highest BCUT2D eigenvalue weighted by molar-refractivity contribution is 6.30. The van der Waals surface area contributed by atoms with Crippen LogP contribution in [0.3, 0.4) is 0 Å². The van der Waals surface area contributed by atoms with Crippen molar-refractivity contribution in [1.82, 2.24) is 24.3 Å². The van der Waals surface area contributed by atoms with Gasteiger partial charge >= 0.3 is 0 Å². The molecule has 0 amide bonds. The molecule has 1 aliphatic heterocycles. The Morgan fingerprint density at radius 1 is 1.16 bits per heavy atom. The molecule has 3 aromatic heterocycles. The third-order valence-electron chi connectivity index (χ3n) is 5.88. The molecule has 0 radical (unpaired) electrons. The average Bonchev–Trinajstić information content (AvgIpc) is 3.24. The minimum absolute atomic E-state index is 0.0940. The van der Waals surface area contributed by atoms with Crippen LogP contribution in [-0.2, 0) is 18.8 Å². The third kappa shape index (κ3) is 3.65. The smallest absolute Gasteiger partial charge is 0.261 e. The molecular formula is C23H23ClN6O2. The lowest BCUT2D eigenvalue weighted by Gasteiger charge is -2.33. The molecule has 32 heavy (non-hydrogen) atoms. The Kier molecular flexibility index (Phi) is 5.19. The monoisotopic (exact) mass is 450 g/mol. The van der Waals surface area contributed by atoms with Crippen molar-refractivity contribution in [2.75, 3.05) is 24.6 Å². The van der Waals surface area contributed by atoms with Crippen molar-refractivity contribution in [2.45, 2.75) is 13.0 Å². The summed E-state index contributed by atoms with van der Waals surface area (Å²) < 4.78 is 9.32. The van der Waals surface area contributed by atoms with Gasteiger partial charge in [0.05, 0.1) is 23.9 Å². The largest absolute Gasteiger partial charge is 0.370 e. The first-order valence-electron chi connectivity index (χ1n) is 10.4. The maximum absolute atomic E-state index is 13.1. The maximum Gasteiger partial charge on any atom is 0.261 e. The van der Waals surface area contributed by atoms with Crippen molar-refractivity contribution < 1.29 is 4.74 Å². The summed E-state index contributed by atoms with van der Waals surface area (Å²) in [5.74, 6) is 1.36. The number of fused-ring (bicyclic) bond motifs is 1. The number of rotatable bonds is 3. The molecule has 1 fully saturated rings. The summed E-state index contributed by atoms with van der Waals surface area (Å²) in [5, 5.41) is 5.44. The van der Waals surface area contributed by atoms with Crippen molar-refractivity contribution in [1.29, 1.82) is 0 Å². The highest BCUT2D eigenvalue weighted by Gasteiger charge is 2.25. The predicted molar refractivity (Wildman–Crippen MR) is 124 cm³/mol. The summed E-state index contributed by atoms with van der Waals surface area (Å²) in [4.78, 5) is 24.9. The number of pyridine rings is 1. The molecule has 0 N–H and O–H groups in total. The quantitative estimate of drug-likeness (QED) is 0.476. The zero-order valence-corrected chi connectivity index (χ0v) is 18.9. The molecule has 0 saturated carbocycles. The van der Waals surface area contributed by atoms with Crippen molar-refractivity contribution >= 4 is 28.3 Å². The molecule has 0 unspecified atom stereocenters. The summed E-state index contributed by atoms with van der Waals surface area (Å²) in [6.07, 6.45) is 3.67. The van der Waals surface area contributed by atoms with E-state index in [1.165, 1.54) is 0 Å². The molecule has 0 aliphatic carbocycles. The summed E-state index contributed by atoms with van der Waals surface area (Å²) in [6, 6.07) is 9.28. The van der Waals surface area contributed by atoms with E-state index in [9.17, 15) is 4.79 Å². The van der Waals surface area contributed by atoms with Gasteiger partial charge in [0.25, 0.3) is 5.56 Å². The van der Waals surface area contributed by atoms with E-state index in [0.29, 0.717) is 47.1 Å². The summed E-state index contributed by atoms with van der Waals surface area (Å²) in [5.41, 5.74) is 3.04.